The molecule has 0 bridgehead atoms. The number of carbonyl (C=O) groups is 2. The highest BCUT2D eigenvalue weighted by Crippen LogP contribution is 2.29. The molecular weight excluding hydrogens is 498 g/mol. The van der Waals surface area contributed by atoms with Crippen molar-refractivity contribution in [1.82, 2.24) is 14.4 Å². The Labute approximate surface area is 237 Å². The largest absolute Gasteiger partial charge is 0.465 e. The first kappa shape index (κ1) is 27.7. The van der Waals surface area contributed by atoms with Gasteiger partial charge in [0, 0.05) is 48.5 Å². The molecule has 2 heterocycles. The van der Waals surface area contributed by atoms with Crippen LogP contribution in [0, 0.1) is 0 Å². The van der Waals surface area contributed by atoms with E-state index in [0.29, 0.717) is 18.7 Å². The number of hydrogen-bond donors (Lipinski definition) is 0. The van der Waals surface area contributed by atoms with E-state index in [-0.39, 0.29) is 23.3 Å². The fraction of sp³-hybridized carbons (Fsp3) is 0.353. The van der Waals surface area contributed by atoms with E-state index in [2.05, 4.69) is 67.7 Å². The lowest BCUT2D eigenvalue weighted by molar-refractivity contribution is 0.0595. The number of para-hydroxylation sites is 1. The second-order valence-corrected chi connectivity index (χ2v) is 11.9. The van der Waals surface area contributed by atoms with Crippen LogP contribution < -0.4 is 0 Å². The number of carbonyl (C=O) groups excluding carboxylic acids is 2. The normalized spacial score (nSPS) is 15.9. The smallest absolute Gasteiger partial charge is 0.337 e. The quantitative estimate of drug-likeness (QED) is 0.265. The van der Waals surface area contributed by atoms with Crippen molar-refractivity contribution < 1.29 is 14.3 Å². The van der Waals surface area contributed by atoms with Crippen molar-refractivity contribution in [2.45, 2.75) is 51.6 Å². The van der Waals surface area contributed by atoms with Crippen LogP contribution in [0.5, 0.6) is 0 Å². The summed E-state index contributed by atoms with van der Waals surface area (Å²) >= 11 is 0. The number of esters is 1. The van der Waals surface area contributed by atoms with Crippen molar-refractivity contribution >= 4 is 22.8 Å². The van der Waals surface area contributed by atoms with Gasteiger partial charge < -0.3 is 14.2 Å². The minimum atomic E-state index is -0.342. The zero-order chi connectivity index (χ0) is 28.4. The van der Waals surface area contributed by atoms with Crippen LogP contribution in [0.2, 0.25) is 0 Å². The first-order valence-electron chi connectivity index (χ1n) is 14.0. The molecule has 1 amide bonds. The lowest BCUT2D eigenvalue weighted by Crippen LogP contribution is -2.48. The lowest BCUT2D eigenvalue weighted by atomic mass is 9.86. The molecule has 40 heavy (non-hydrogen) atoms. The van der Waals surface area contributed by atoms with Crippen molar-refractivity contribution in [3.8, 4) is 5.69 Å². The van der Waals surface area contributed by atoms with Crippen LogP contribution in [0.25, 0.3) is 16.6 Å². The standard InChI is InChI=1S/C34H39N3O3/c1-34(2,3)27-16-13-24(14-17-27)32(38)36-19-9-12-29(23-36)35(4)21-26-22-37(28-10-7-6-8-11-28)31-18-15-25(20-30(26)31)33(39)40-5/h6-8,10-11,13-18,20,22,29H,9,12,19,21,23H2,1-5H3. The molecule has 3 aromatic carbocycles. The number of methoxy groups -OCH3 is 1. The van der Waals surface area contributed by atoms with Gasteiger partial charge in [0.15, 0.2) is 0 Å². The molecule has 1 saturated heterocycles. The summed E-state index contributed by atoms with van der Waals surface area (Å²) in [6.07, 6.45) is 4.17. The first-order chi connectivity index (χ1) is 19.2. The van der Waals surface area contributed by atoms with E-state index in [1.54, 1.807) is 0 Å². The van der Waals surface area contributed by atoms with Gasteiger partial charge in [-0.3, -0.25) is 9.69 Å². The summed E-state index contributed by atoms with van der Waals surface area (Å²) in [5.41, 5.74) is 5.82. The summed E-state index contributed by atoms with van der Waals surface area (Å²) in [6, 6.07) is 24.3. The van der Waals surface area contributed by atoms with Gasteiger partial charge in [-0.15, -0.1) is 0 Å². The lowest BCUT2D eigenvalue weighted by Gasteiger charge is -2.37. The van der Waals surface area contributed by atoms with E-state index in [4.69, 9.17) is 4.74 Å². The second kappa shape index (κ2) is 11.3. The van der Waals surface area contributed by atoms with E-state index in [1.807, 2.05) is 53.4 Å². The fourth-order valence-electron chi connectivity index (χ4n) is 5.66. The molecule has 1 aromatic heterocycles. The Morgan fingerprint density at radius 2 is 1.68 bits per heavy atom. The molecule has 1 aliphatic rings. The van der Waals surface area contributed by atoms with Crippen LogP contribution >= 0.6 is 0 Å². The summed E-state index contributed by atoms with van der Waals surface area (Å²) in [6.45, 7) is 8.72. The van der Waals surface area contributed by atoms with E-state index < -0.39 is 0 Å². The number of likely N-dealkylation sites (N-methyl/N-ethyl adjacent to an activating group) is 1. The Balaban J connectivity index is 1.37. The zero-order valence-electron chi connectivity index (χ0n) is 24.2. The van der Waals surface area contributed by atoms with Crippen LogP contribution in [-0.2, 0) is 16.7 Å². The third-order valence-corrected chi connectivity index (χ3v) is 8.07. The monoisotopic (exact) mass is 537 g/mol. The highest BCUT2D eigenvalue weighted by molar-refractivity contribution is 5.96. The predicted molar refractivity (Wildman–Crippen MR) is 160 cm³/mol. The summed E-state index contributed by atoms with van der Waals surface area (Å²) in [5.74, 6) is -0.243. The van der Waals surface area contributed by atoms with Gasteiger partial charge in [-0.25, -0.2) is 4.79 Å². The number of benzene rings is 3. The summed E-state index contributed by atoms with van der Waals surface area (Å²) in [5, 5.41) is 1.03. The maximum atomic E-state index is 13.4. The summed E-state index contributed by atoms with van der Waals surface area (Å²) in [7, 11) is 3.54. The summed E-state index contributed by atoms with van der Waals surface area (Å²) < 4.78 is 7.17. The number of amides is 1. The Bertz CT molecular complexity index is 1500. The molecule has 0 radical (unpaired) electrons. The second-order valence-electron chi connectivity index (χ2n) is 11.9. The Hall–Kier alpha value is -3.90. The zero-order valence-corrected chi connectivity index (χ0v) is 24.2. The Morgan fingerprint density at radius 3 is 2.35 bits per heavy atom. The van der Waals surface area contributed by atoms with Gasteiger partial charge in [0.1, 0.15) is 0 Å². The van der Waals surface area contributed by atoms with Crippen molar-refractivity contribution in [1.29, 1.82) is 0 Å². The molecule has 1 fully saturated rings. The van der Waals surface area contributed by atoms with Gasteiger partial charge in [0.05, 0.1) is 18.2 Å². The van der Waals surface area contributed by atoms with Gasteiger partial charge in [0.2, 0.25) is 0 Å². The van der Waals surface area contributed by atoms with E-state index >= 15 is 0 Å². The molecule has 0 spiro atoms. The average molecular weight is 538 g/mol. The molecule has 1 unspecified atom stereocenters. The molecule has 1 aliphatic heterocycles. The van der Waals surface area contributed by atoms with Crippen molar-refractivity contribution in [3.63, 3.8) is 0 Å². The van der Waals surface area contributed by atoms with Crippen LogP contribution in [0.4, 0.5) is 0 Å². The van der Waals surface area contributed by atoms with Crippen molar-refractivity contribution in [3.05, 3.63) is 101 Å². The highest BCUT2D eigenvalue weighted by Gasteiger charge is 2.28. The minimum Gasteiger partial charge on any atom is -0.465 e. The van der Waals surface area contributed by atoms with Crippen LogP contribution in [0.15, 0.2) is 79.0 Å². The molecule has 208 valence electrons. The van der Waals surface area contributed by atoms with E-state index in [1.165, 1.54) is 12.7 Å². The van der Waals surface area contributed by atoms with Gasteiger partial charge in [-0.2, -0.15) is 0 Å². The third kappa shape index (κ3) is 5.68. The van der Waals surface area contributed by atoms with Crippen LogP contribution in [0.3, 0.4) is 0 Å². The number of nitrogens with zero attached hydrogens (tertiary/aromatic N) is 3. The molecule has 0 aliphatic carbocycles. The molecule has 1 atom stereocenters. The number of aromatic nitrogens is 1. The third-order valence-electron chi connectivity index (χ3n) is 8.07. The average Bonchev–Trinajstić information content (AvgIpc) is 3.33. The minimum absolute atomic E-state index is 0.0573. The Morgan fingerprint density at radius 1 is 0.975 bits per heavy atom. The van der Waals surface area contributed by atoms with Gasteiger partial charge >= 0.3 is 5.97 Å². The van der Waals surface area contributed by atoms with E-state index in [9.17, 15) is 9.59 Å². The maximum absolute atomic E-state index is 13.4. The van der Waals surface area contributed by atoms with Crippen molar-refractivity contribution in [2.75, 3.05) is 27.2 Å². The number of ether oxygens (including phenoxy) is 1. The molecule has 0 N–H and O–H groups in total. The number of rotatable bonds is 6. The van der Waals surface area contributed by atoms with Crippen LogP contribution in [0.1, 0.15) is 65.5 Å². The topological polar surface area (TPSA) is 54.8 Å². The molecule has 5 rings (SSSR count). The predicted octanol–water partition coefficient (Wildman–Crippen LogP) is 6.45. The molecule has 4 aromatic rings. The number of hydrogen-bond acceptors (Lipinski definition) is 4. The molecule has 0 saturated carbocycles. The van der Waals surface area contributed by atoms with Gasteiger partial charge in [-0.05, 0) is 78.9 Å². The fourth-order valence-corrected chi connectivity index (χ4v) is 5.66. The summed E-state index contributed by atoms with van der Waals surface area (Å²) in [4.78, 5) is 30.1. The van der Waals surface area contributed by atoms with Crippen LogP contribution in [-0.4, -0.2) is 59.5 Å². The molecular formula is C34H39N3O3. The highest BCUT2D eigenvalue weighted by atomic mass is 16.5. The van der Waals surface area contributed by atoms with E-state index in [0.717, 1.165) is 47.1 Å². The molecule has 6 heteroatoms. The maximum Gasteiger partial charge on any atom is 0.337 e. The SMILES string of the molecule is COC(=O)c1ccc2c(c1)c(CN(C)C1CCCN(C(=O)c3ccc(C(C)(C)C)cc3)C1)cn2-c1ccccc1. The molecule has 6 nitrogen and oxygen atoms in total. The van der Waals surface area contributed by atoms with Gasteiger partial charge in [0.25, 0.3) is 5.91 Å². The first-order valence-corrected chi connectivity index (χ1v) is 14.0. The number of likely N-dealkylation sites (tertiary alicyclic amines) is 1. The Kier molecular flexibility index (Phi) is 7.81. The number of piperidine rings is 1. The number of fused-ring (bicyclic) bond motifs is 1. The van der Waals surface area contributed by atoms with Gasteiger partial charge in [-0.1, -0.05) is 51.1 Å². The van der Waals surface area contributed by atoms with Crippen molar-refractivity contribution in [2.24, 2.45) is 0 Å².